The zero-order chi connectivity index (χ0) is 15.4. The van der Waals surface area contributed by atoms with Gasteiger partial charge in [0.25, 0.3) is 11.8 Å². The minimum Gasteiger partial charge on any atom is -0.267 e. The molecule has 0 bridgehead atoms. The van der Waals surface area contributed by atoms with Crippen molar-refractivity contribution < 1.29 is 9.59 Å². The standard InChI is InChI=1S/C15H12Br2N2O2/c1-9-8-11(4-7-13(9)17)15(21)19-18-14(20)10-2-5-12(16)6-3-10/h2-8H,1H3,(H,18,20)(H,19,21). The molecular weight excluding hydrogens is 400 g/mol. The Morgan fingerprint density at radius 3 is 1.95 bits per heavy atom. The average Bonchev–Trinajstić information content (AvgIpc) is 2.48. The lowest BCUT2D eigenvalue weighted by Crippen LogP contribution is -2.41. The SMILES string of the molecule is Cc1cc(C(=O)NNC(=O)c2ccc(Br)cc2)ccc1Br. The lowest BCUT2D eigenvalue weighted by atomic mass is 10.1. The second kappa shape index (κ2) is 6.87. The van der Waals surface area contributed by atoms with Gasteiger partial charge in [0.05, 0.1) is 0 Å². The summed E-state index contributed by atoms with van der Waals surface area (Å²) in [6.07, 6.45) is 0. The molecule has 0 aliphatic carbocycles. The number of hydrogen-bond donors (Lipinski definition) is 2. The number of amides is 2. The van der Waals surface area contributed by atoms with E-state index in [9.17, 15) is 9.59 Å². The van der Waals surface area contributed by atoms with E-state index >= 15 is 0 Å². The normalized spacial score (nSPS) is 10.0. The zero-order valence-corrected chi connectivity index (χ0v) is 14.3. The number of halogens is 2. The molecule has 0 aliphatic rings. The van der Waals surface area contributed by atoms with Crippen molar-refractivity contribution in [2.24, 2.45) is 0 Å². The van der Waals surface area contributed by atoms with Crippen LogP contribution >= 0.6 is 31.9 Å². The van der Waals surface area contributed by atoms with Gasteiger partial charge in [-0.15, -0.1) is 0 Å². The number of nitrogens with one attached hydrogen (secondary N) is 2. The molecule has 0 fully saturated rings. The minimum atomic E-state index is -0.371. The lowest BCUT2D eigenvalue weighted by molar-refractivity contribution is 0.0846. The molecule has 0 radical (unpaired) electrons. The number of benzene rings is 2. The van der Waals surface area contributed by atoms with Crippen LogP contribution in [-0.2, 0) is 0 Å². The summed E-state index contributed by atoms with van der Waals surface area (Å²) in [5.41, 5.74) is 6.67. The van der Waals surface area contributed by atoms with Crippen molar-refractivity contribution in [3.8, 4) is 0 Å². The third-order valence-electron chi connectivity index (χ3n) is 2.82. The Hall–Kier alpha value is -1.66. The van der Waals surface area contributed by atoms with Gasteiger partial charge in [0, 0.05) is 20.1 Å². The first-order valence-electron chi connectivity index (χ1n) is 6.10. The van der Waals surface area contributed by atoms with Gasteiger partial charge in [-0.25, -0.2) is 0 Å². The van der Waals surface area contributed by atoms with Gasteiger partial charge in [-0.05, 0) is 55.0 Å². The van der Waals surface area contributed by atoms with E-state index < -0.39 is 0 Å². The summed E-state index contributed by atoms with van der Waals surface area (Å²) in [6, 6.07) is 12.1. The van der Waals surface area contributed by atoms with Gasteiger partial charge >= 0.3 is 0 Å². The van der Waals surface area contributed by atoms with Crippen LogP contribution in [0.4, 0.5) is 0 Å². The molecule has 0 unspecified atom stereocenters. The Labute approximate surface area is 139 Å². The number of hydrazine groups is 1. The van der Waals surface area contributed by atoms with E-state index in [0.29, 0.717) is 11.1 Å². The molecule has 0 atom stereocenters. The lowest BCUT2D eigenvalue weighted by Gasteiger charge is -2.08. The quantitative estimate of drug-likeness (QED) is 0.741. The predicted molar refractivity (Wildman–Crippen MR) is 88.0 cm³/mol. The summed E-state index contributed by atoms with van der Waals surface area (Å²) in [5.74, 6) is -0.735. The first-order valence-corrected chi connectivity index (χ1v) is 7.68. The molecule has 2 rings (SSSR count). The van der Waals surface area contributed by atoms with Crippen LogP contribution in [-0.4, -0.2) is 11.8 Å². The maximum atomic E-state index is 11.9. The number of aryl methyl sites for hydroxylation is 1. The molecule has 2 amide bonds. The molecule has 0 saturated carbocycles. The first kappa shape index (κ1) is 15.7. The molecule has 108 valence electrons. The highest BCUT2D eigenvalue weighted by Crippen LogP contribution is 2.16. The van der Waals surface area contributed by atoms with E-state index in [1.165, 1.54) is 0 Å². The van der Waals surface area contributed by atoms with Gasteiger partial charge in [-0.1, -0.05) is 31.9 Å². The van der Waals surface area contributed by atoms with E-state index in [1.807, 2.05) is 6.92 Å². The molecule has 0 aliphatic heterocycles. The summed E-state index contributed by atoms with van der Waals surface area (Å²) in [4.78, 5) is 23.8. The van der Waals surface area contributed by atoms with Crippen LogP contribution in [0.15, 0.2) is 51.4 Å². The fourth-order valence-corrected chi connectivity index (χ4v) is 2.16. The monoisotopic (exact) mass is 410 g/mol. The molecule has 4 nitrogen and oxygen atoms in total. The molecule has 0 saturated heterocycles. The van der Waals surface area contributed by atoms with Crippen LogP contribution in [0, 0.1) is 6.92 Å². The molecule has 0 heterocycles. The first-order chi connectivity index (χ1) is 9.97. The molecule has 0 aromatic heterocycles. The Bertz CT molecular complexity index is 685. The van der Waals surface area contributed by atoms with Crippen LogP contribution in [0.25, 0.3) is 0 Å². The maximum absolute atomic E-state index is 11.9. The van der Waals surface area contributed by atoms with Crippen molar-refractivity contribution in [1.29, 1.82) is 0 Å². The Morgan fingerprint density at radius 2 is 1.38 bits per heavy atom. The average molecular weight is 412 g/mol. The van der Waals surface area contributed by atoms with Gasteiger partial charge in [0.15, 0.2) is 0 Å². The van der Waals surface area contributed by atoms with Gasteiger partial charge < -0.3 is 0 Å². The van der Waals surface area contributed by atoms with Gasteiger partial charge in [-0.2, -0.15) is 0 Å². The molecule has 2 N–H and O–H groups in total. The Morgan fingerprint density at radius 1 is 0.857 bits per heavy atom. The Kier molecular flexibility index (Phi) is 5.14. The highest BCUT2D eigenvalue weighted by Gasteiger charge is 2.09. The topological polar surface area (TPSA) is 58.2 Å². The molecule has 2 aromatic rings. The van der Waals surface area contributed by atoms with Crippen molar-refractivity contribution in [2.75, 3.05) is 0 Å². The van der Waals surface area contributed by atoms with Crippen molar-refractivity contribution in [3.05, 3.63) is 68.1 Å². The van der Waals surface area contributed by atoms with Gasteiger partial charge in [0.1, 0.15) is 0 Å². The predicted octanol–water partition coefficient (Wildman–Crippen LogP) is 3.59. The molecule has 21 heavy (non-hydrogen) atoms. The van der Waals surface area contributed by atoms with E-state index in [1.54, 1.807) is 42.5 Å². The molecule has 0 spiro atoms. The molecule has 6 heteroatoms. The maximum Gasteiger partial charge on any atom is 0.269 e. The van der Waals surface area contributed by atoms with Crippen molar-refractivity contribution in [3.63, 3.8) is 0 Å². The smallest absolute Gasteiger partial charge is 0.267 e. The van der Waals surface area contributed by atoms with E-state index in [2.05, 4.69) is 42.7 Å². The summed E-state index contributed by atoms with van der Waals surface area (Å²) in [6.45, 7) is 1.89. The summed E-state index contributed by atoms with van der Waals surface area (Å²) in [5, 5.41) is 0. The van der Waals surface area contributed by atoms with Crippen LogP contribution in [0.2, 0.25) is 0 Å². The fraction of sp³-hybridized carbons (Fsp3) is 0.0667. The minimum absolute atomic E-state index is 0.365. The summed E-state index contributed by atoms with van der Waals surface area (Å²) < 4.78 is 1.81. The van der Waals surface area contributed by atoms with Crippen LogP contribution in [0.5, 0.6) is 0 Å². The van der Waals surface area contributed by atoms with Crippen molar-refractivity contribution >= 4 is 43.7 Å². The van der Waals surface area contributed by atoms with Gasteiger partial charge in [0.2, 0.25) is 0 Å². The van der Waals surface area contributed by atoms with E-state index in [4.69, 9.17) is 0 Å². The second-order valence-corrected chi connectivity index (χ2v) is 6.15. The summed E-state index contributed by atoms with van der Waals surface area (Å²) >= 11 is 6.67. The van der Waals surface area contributed by atoms with Crippen LogP contribution < -0.4 is 10.9 Å². The Balaban J connectivity index is 1.98. The van der Waals surface area contributed by atoms with Crippen LogP contribution in [0.3, 0.4) is 0 Å². The number of rotatable bonds is 2. The van der Waals surface area contributed by atoms with Crippen molar-refractivity contribution in [1.82, 2.24) is 10.9 Å². The molecular formula is C15H12Br2N2O2. The van der Waals surface area contributed by atoms with Crippen molar-refractivity contribution in [2.45, 2.75) is 6.92 Å². The fourth-order valence-electron chi connectivity index (χ4n) is 1.65. The van der Waals surface area contributed by atoms with Gasteiger partial charge in [-0.3, -0.25) is 20.4 Å². The number of carbonyl (C=O) groups excluding carboxylic acids is 2. The third-order valence-corrected chi connectivity index (χ3v) is 4.23. The van der Waals surface area contributed by atoms with E-state index in [0.717, 1.165) is 14.5 Å². The highest BCUT2D eigenvalue weighted by molar-refractivity contribution is 9.10. The third kappa shape index (κ3) is 4.15. The van der Waals surface area contributed by atoms with Crippen LogP contribution in [0.1, 0.15) is 26.3 Å². The largest absolute Gasteiger partial charge is 0.269 e. The molecule has 2 aromatic carbocycles. The second-order valence-electron chi connectivity index (χ2n) is 4.38. The van der Waals surface area contributed by atoms with E-state index in [-0.39, 0.29) is 11.8 Å². The highest BCUT2D eigenvalue weighted by atomic mass is 79.9. The summed E-state index contributed by atoms with van der Waals surface area (Å²) in [7, 11) is 0. The number of carbonyl (C=O) groups is 2. The number of hydrogen-bond acceptors (Lipinski definition) is 2. The zero-order valence-electron chi connectivity index (χ0n) is 11.1.